The molecule has 4 unspecified atom stereocenters. The highest BCUT2D eigenvalue weighted by Gasteiger charge is 2.40. The first-order valence-electron chi connectivity index (χ1n) is 17.4. The van der Waals surface area contributed by atoms with E-state index in [1.54, 1.807) is 16.0 Å². The van der Waals surface area contributed by atoms with Crippen LogP contribution in [0.5, 0.6) is 0 Å². The van der Waals surface area contributed by atoms with Crippen LogP contribution in [0.2, 0.25) is 0 Å². The van der Waals surface area contributed by atoms with Gasteiger partial charge in [-0.1, -0.05) is 74.9 Å². The van der Waals surface area contributed by atoms with Crippen molar-refractivity contribution in [2.24, 2.45) is 5.92 Å². The van der Waals surface area contributed by atoms with Gasteiger partial charge in [-0.05, 0) is 66.3 Å². The van der Waals surface area contributed by atoms with Gasteiger partial charge in [-0.15, -0.1) is 0 Å². The van der Waals surface area contributed by atoms with Gasteiger partial charge in [0, 0.05) is 43.5 Å². The van der Waals surface area contributed by atoms with Gasteiger partial charge >= 0.3 is 12.1 Å². The second-order valence-corrected chi connectivity index (χ2v) is 13.1. The van der Waals surface area contributed by atoms with Gasteiger partial charge < -0.3 is 25.3 Å². The van der Waals surface area contributed by atoms with Crippen molar-refractivity contribution in [1.82, 2.24) is 35.9 Å². The number of carbonyl (C=O) groups is 3. The van der Waals surface area contributed by atoms with Crippen LogP contribution in [0.3, 0.4) is 0 Å². The third-order valence-electron chi connectivity index (χ3n) is 9.37. The molecule has 2 aromatic carbocycles. The van der Waals surface area contributed by atoms with E-state index in [2.05, 4.69) is 26.1 Å². The lowest BCUT2D eigenvalue weighted by atomic mass is 9.91. The summed E-state index contributed by atoms with van der Waals surface area (Å²) < 4.78 is 0. The van der Waals surface area contributed by atoms with E-state index < -0.39 is 24.3 Å². The standard InChI is InChI=1S/C39H47N7O5/c1-4-26(2)36(46-20-19-45(39(46)51)25-32-14-10-11-27(3)42-32)37(48)43-34(21-28-12-6-5-7-13-28)35(47)23-31-22-29(33-15-8-9-18-40-33)16-17-30(31)24-41-44-38(49)50/h5-18,22,26,34-36,41,44,47H,4,19-21,23-25H2,1-3H3,(H,43,48)(H,49,50). The number of pyridine rings is 2. The number of aliphatic hydroxyl groups excluding tert-OH is 1. The van der Waals surface area contributed by atoms with E-state index in [0.717, 1.165) is 39.3 Å². The Hall–Kier alpha value is -5.33. The SMILES string of the molecule is CCC(C)C(C(=O)NC(Cc1ccccc1)C(O)Cc1cc(-c2ccccn2)ccc1CNNC(=O)O)N1CCN(Cc2cccc(C)n2)C1=O. The molecule has 5 N–H and O–H groups in total. The largest absolute Gasteiger partial charge is 0.464 e. The number of nitrogens with zero attached hydrogens (tertiary/aromatic N) is 4. The summed E-state index contributed by atoms with van der Waals surface area (Å²) in [5.74, 6) is -0.460. The number of hydrazine groups is 1. The lowest BCUT2D eigenvalue weighted by Gasteiger charge is -2.34. The number of carbonyl (C=O) groups excluding carboxylic acids is 2. The molecule has 4 atom stereocenters. The second-order valence-electron chi connectivity index (χ2n) is 13.1. The Bertz CT molecular complexity index is 1770. The van der Waals surface area contributed by atoms with Gasteiger partial charge in [0.2, 0.25) is 5.91 Å². The number of aromatic nitrogens is 2. The van der Waals surface area contributed by atoms with Crippen molar-refractivity contribution in [2.45, 2.75) is 71.3 Å². The Morgan fingerprint density at radius 3 is 2.43 bits per heavy atom. The fourth-order valence-electron chi connectivity index (χ4n) is 6.50. The maximum atomic E-state index is 14.3. The van der Waals surface area contributed by atoms with Crippen molar-refractivity contribution in [1.29, 1.82) is 0 Å². The summed E-state index contributed by atoms with van der Waals surface area (Å²) in [6.07, 6.45) is 0.655. The molecule has 1 aliphatic rings. The molecule has 12 heteroatoms. The fourth-order valence-corrected chi connectivity index (χ4v) is 6.50. The summed E-state index contributed by atoms with van der Waals surface area (Å²) in [6.45, 7) is 7.30. The summed E-state index contributed by atoms with van der Waals surface area (Å²) in [4.78, 5) is 51.6. The molecule has 1 fully saturated rings. The Morgan fingerprint density at radius 1 is 0.941 bits per heavy atom. The van der Waals surface area contributed by atoms with Crippen molar-refractivity contribution in [3.8, 4) is 11.3 Å². The average molecular weight is 694 g/mol. The summed E-state index contributed by atoms with van der Waals surface area (Å²) in [5.41, 5.74) is 10.6. The van der Waals surface area contributed by atoms with Crippen LogP contribution in [0.4, 0.5) is 9.59 Å². The Kier molecular flexibility index (Phi) is 12.7. The quantitative estimate of drug-likeness (QED) is 0.106. The number of aryl methyl sites for hydroxylation is 1. The van der Waals surface area contributed by atoms with Crippen LogP contribution < -0.4 is 16.2 Å². The van der Waals surface area contributed by atoms with E-state index >= 15 is 0 Å². The van der Waals surface area contributed by atoms with E-state index in [-0.39, 0.29) is 30.8 Å². The maximum absolute atomic E-state index is 14.3. The van der Waals surface area contributed by atoms with E-state index in [0.29, 0.717) is 32.5 Å². The molecule has 0 radical (unpaired) electrons. The van der Waals surface area contributed by atoms with Crippen LogP contribution >= 0.6 is 0 Å². The topological polar surface area (TPSA) is 160 Å². The summed E-state index contributed by atoms with van der Waals surface area (Å²) in [6, 6.07) is 25.1. The van der Waals surface area contributed by atoms with Gasteiger partial charge in [-0.25, -0.2) is 15.0 Å². The first-order valence-corrected chi connectivity index (χ1v) is 17.4. The molecule has 0 saturated carbocycles. The zero-order valence-corrected chi connectivity index (χ0v) is 29.3. The predicted molar refractivity (Wildman–Crippen MR) is 194 cm³/mol. The Balaban J connectivity index is 1.40. The zero-order chi connectivity index (χ0) is 36.3. The predicted octanol–water partition coefficient (Wildman–Crippen LogP) is 4.71. The molecule has 12 nitrogen and oxygen atoms in total. The van der Waals surface area contributed by atoms with E-state index in [1.165, 1.54) is 0 Å². The molecule has 3 heterocycles. The van der Waals surface area contributed by atoms with Crippen molar-refractivity contribution in [2.75, 3.05) is 13.1 Å². The molecule has 0 spiro atoms. The van der Waals surface area contributed by atoms with Gasteiger partial charge in [-0.3, -0.25) is 20.2 Å². The number of amides is 4. The molecule has 1 aliphatic heterocycles. The minimum Gasteiger partial charge on any atom is -0.464 e. The van der Waals surface area contributed by atoms with Gasteiger partial charge in [0.05, 0.1) is 30.1 Å². The molecule has 1 saturated heterocycles. The average Bonchev–Trinajstić information content (AvgIpc) is 3.47. The third-order valence-corrected chi connectivity index (χ3v) is 9.37. The van der Waals surface area contributed by atoms with Gasteiger partial charge in [0.25, 0.3) is 0 Å². The number of carboxylic acid groups (broad SMARTS) is 1. The second kappa shape index (κ2) is 17.6. The van der Waals surface area contributed by atoms with Crippen molar-refractivity contribution < 1.29 is 24.6 Å². The van der Waals surface area contributed by atoms with Crippen LogP contribution in [0.15, 0.2) is 91.1 Å². The minimum absolute atomic E-state index is 0.144. The van der Waals surface area contributed by atoms with Crippen molar-refractivity contribution in [3.63, 3.8) is 0 Å². The third kappa shape index (κ3) is 9.89. The molecule has 0 bridgehead atoms. The van der Waals surface area contributed by atoms with Crippen LogP contribution in [0.25, 0.3) is 11.3 Å². The van der Waals surface area contributed by atoms with Crippen LogP contribution in [0.1, 0.15) is 48.3 Å². The lowest BCUT2D eigenvalue weighted by molar-refractivity contribution is -0.128. The van der Waals surface area contributed by atoms with Crippen LogP contribution in [-0.4, -0.2) is 79.3 Å². The first kappa shape index (κ1) is 36.9. The Morgan fingerprint density at radius 2 is 1.73 bits per heavy atom. The normalized spacial score (nSPS) is 15.3. The maximum Gasteiger partial charge on any atom is 0.419 e. The van der Waals surface area contributed by atoms with E-state index in [1.807, 2.05) is 106 Å². The number of aliphatic hydroxyl groups is 1. The fraction of sp³-hybridized carbons (Fsp3) is 0.359. The molecule has 0 aliphatic carbocycles. The van der Waals surface area contributed by atoms with Crippen LogP contribution in [0, 0.1) is 12.8 Å². The van der Waals surface area contributed by atoms with Crippen molar-refractivity contribution >= 4 is 18.0 Å². The smallest absolute Gasteiger partial charge is 0.419 e. The number of nitrogens with one attached hydrogen (secondary N) is 3. The summed E-state index contributed by atoms with van der Waals surface area (Å²) in [5, 5.41) is 24.2. The van der Waals surface area contributed by atoms with E-state index in [9.17, 15) is 19.5 Å². The number of urea groups is 1. The molecular formula is C39H47N7O5. The highest BCUT2D eigenvalue weighted by molar-refractivity contribution is 5.88. The number of hydrogen-bond donors (Lipinski definition) is 5. The molecule has 5 rings (SSSR count). The number of rotatable bonds is 16. The number of benzene rings is 2. The highest BCUT2D eigenvalue weighted by Crippen LogP contribution is 2.25. The van der Waals surface area contributed by atoms with E-state index in [4.69, 9.17) is 5.11 Å². The zero-order valence-electron chi connectivity index (χ0n) is 29.3. The van der Waals surface area contributed by atoms with Crippen LogP contribution in [-0.2, 0) is 30.7 Å². The molecular weight excluding hydrogens is 646 g/mol. The minimum atomic E-state index is -1.21. The van der Waals surface area contributed by atoms with Gasteiger partial charge in [-0.2, -0.15) is 0 Å². The van der Waals surface area contributed by atoms with Gasteiger partial charge in [0.15, 0.2) is 0 Å². The molecule has 4 amide bonds. The molecule has 4 aromatic rings. The first-order chi connectivity index (χ1) is 24.6. The summed E-state index contributed by atoms with van der Waals surface area (Å²) >= 11 is 0. The highest BCUT2D eigenvalue weighted by atomic mass is 16.4. The Labute approximate surface area is 298 Å². The molecule has 268 valence electrons. The van der Waals surface area contributed by atoms with Crippen molar-refractivity contribution in [3.05, 3.63) is 119 Å². The van der Waals surface area contributed by atoms with Gasteiger partial charge in [0.1, 0.15) is 6.04 Å². The number of hydrogen-bond acceptors (Lipinski definition) is 7. The summed E-state index contributed by atoms with van der Waals surface area (Å²) in [7, 11) is 0. The lowest BCUT2D eigenvalue weighted by Crippen LogP contribution is -2.56. The monoisotopic (exact) mass is 693 g/mol. The molecule has 2 aromatic heterocycles. The molecule has 51 heavy (non-hydrogen) atoms.